The molecule has 0 saturated heterocycles. The van der Waals surface area contributed by atoms with Crippen molar-refractivity contribution in [3.05, 3.63) is 73.1 Å². The van der Waals surface area contributed by atoms with Crippen molar-refractivity contribution in [3.8, 4) is 39.5 Å². The molecule has 6 rings (SSSR count). The summed E-state index contributed by atoms with van der Waals surface area (Å²) in [6, 6.07) is 13.0. The highest BCUT2D eigenvalue weighted by atomic mass is 19.1. The summed E-state index contributed by atoms with van der Waals surface area (Å²) in [6.45, 7) is 2.93. The topological polar surface area (TPSA) is 100 Å². The van der Waals surface area contributed by atoms with Gasteiger partial charge >= 0.3 is 0 Å². The zero-order chi connectivity index (χ0) is 30.8. The maximum absolute atomic E-state index is 14.7. The van der Waals surface area contributed by atoms with Crippen LogP contribution in [0.5, 0.6) is 5.75 Å². The number of nitrogens with one attached hydrogen (secondary N) is 2. The second kappa shape index (κ2) is 12.4. The van der Waals surface area contributed by atoms with E-state index in [4.69, 9.17) is 14.8 Å². The van der Waals surface area contributed by atoms with E-state index in [0.717, 1.165) is 68.8 Å². The molecule has 0 bridgehead atoms. The van der Waals surface area contributed by atoms with Crippen LogP contribution in [0.3, 0.4) is 0 Å². The molecule has 0 aliphatic carbocycles. The molecule has 1 aromatic carbocycles. The summed E-state index contributed by atoms with van der Waals surface area (Å²) in [6.07, 6.45) is 7.06. The Balaban J connectivity index is 1.36. The van der Waals surface area contributed by atoms with Crippen LogP contribution in [0.4, 0.5) is 10.1 Å². The summed E-state index contributed by atoms with van der Waals surface area (Å²) < 4.78 is 22.5. The third-order valence-corrected chi connectivity index (χ3v) is 7.44. The van der Waals surface area contributed by atoms with Gasteiger partial charge in [0.1, 0.15) is 29.5 Å². The average molecular weight is 594 g/mol. The Morgan fingerprint density at radius 3 is 2.57 bits per heavy atom. The second-order valence-electron chi connectivity index (χ2n) is 11.4. The molecule has 0 aliphatic heterocycles. The zero-order valence-electron chi connectivity index (χ0n) is 25.6. The van der Waals surface area contributed by atoms with Crippen molar-refractivity contribution in [2.45, 2.75) is 0 Å². The Morgan fingerprint density at radius 2 is 1.75 bits per heavy atom. The number of halogens is 1. The van der Waals surface area contributed by atoms with Gasteiger partial charge in [0.15, 0.2) is 0 Å². The quantitative estimate of drug-likeness (QED) is 0.209. The molecule has 5 heterocycles. The monoisotopic (exact) mass is 593 g/mol. The van der Waals surface area contributed by atoms with Crippen molar-refractivity contribution in [2.24, 2.45) is 7.05 Å². The molecule has 0 atom stereocenters. The number of hydrogen-bond donors (Lipinski definition) is 2. The minimum atomic E-state index is -0.298. The van der Waals surface area contributed by atoms with Gasteiger partial charge in [0.05, 0.1) is 29.3 Å². The smallest absolute Gasteiger partial charge is 0.138 e. The molecule has 5 aromatic heterocycles. The molecular weight excluding hydrogens is 557 g/mol. The molecular formula is C33H36FN9O. The number of nitrogens with zero attached hydrogens (tertiary/aromatic N) is 7. The van der Waals surface area contributed by atoms with Crippen molar-refractivity contribution < 1.29 is 9.13 Å². The van der Waals surface area contributed by atoms with Crippen LogP contribution in [-0.2, 0) is 7.05 Å². The van der Waals surface area contributed by atoms with Gasteiger partial charge in [0, 0.05) is 61.1 Å². The van der Waals surface area contributed by atoms with Crippen LogP contribution in [-0.4, -0.2) is 93.9 Å². The SMILES string of the molecule is CN(C)CCNc1cc(F)cc(-c2ccnc3[nH]c(-c4nn(C)c5cnc(-c6cncc(OCCN(C)C)c6)cc45)cc23)c1. The predicted molar refractivity (Wildman–Crippen MR) is 173 cm³/mol. The molecule has 11 heteroatoms. The zero-order valence-corrected chi connectivity index (χ0v) is 25.6. The highest BCUT2D eigenvalue weighted by molar-refractivity contribution is 6.00. The number of hydrogen-bond acceptors (Lipinski definition) is 8. The lowest BCUT2D eigenvalue weighted by atomic mass is 10.0. The van der Waals surface area contributed by atoms with Gasteiger partial charge in [-0.1, -0.05) is 0 Å². The molecule has 2 N–H and O–H groups in total. The van der Waals surface area contributed by atoms with Gasteiger partial charge in [-0.25, -0.2) is 9.37 Å². The predicted octanol–water partition coefficient (Wildman–Crippen LogP) is 5.29. The van der Waals surface area contributed by atoms with Crippen molar-refractivity contribution in [1.82, 2.24) is 39.5 Å². The fraction of sp³-hybridized carbons (Fsp3) is 0.273. The van der Waals surface area contributed by atoms with E-state index in [-0.39, 0.29) is 5.82 Å². The highest BCUT2D eigenvalue weighted by Crippen LogP contribution is 2.35. The number of likely N-dealkylation sites (N-methyl/N-ethyl adjacent to an activating group) is 2. The highest BCUT2D eigenvalue weighted by Gasteiger charge is 2.18. The van der Waals surface area contributed by atoms with Gasteiger partial charge in [0.2, 0.25) is 0 Å². The van der Waals surface area contributed by atoms with Gasteiger partial charge in [-0.15, -0.1) is 0 Å². The van der Waals surface area contributed by atoms with E-state index in [1.807, 2.05) is 76.4 Å². The summed E-state index contributed by atoms with van der Waals surface area (Å²) in [5, 5.41) is 9.98. The molecule has 0 amide bonds. The molecule has 0 unspecified atom stereocenters. The molecule has 0 fully saturated rings. The first-order valence-corrected chi connectivity index (χ1v) is 14.5. The Labute approximate surface area is 255 Å². The van der Waals surface area contributed by atoms with E-state index in [0.29, 0.717) is 24.5 Å². The molecule has 10 nitrogen and oxygen atoms in total. The van der Waals surface area contributed by atoms with Crippen LogP contribution in [0.15, 0.2) is 67.3 Å². The van der Waals surface area contributed by atoms with Crippen molar-refractivity contribution in [1.29, 1.82) is 0 Å². The number of pyridine rings is 3. The van der Waals surface area contributed by atoms with Crippen molar-refractivity contribution in [2.75, 3.05) is 59.7 Å². The van der Waals surface area contributed by atoms with Gasteiger partial charge in [0.25, 0.3) is 0 Å². The average Bonchev–Trinajstić information content (AvgIpc) is 3.57. The largest absolute Gasteiger partial charge is 0.491 e. The molecule has 226 valence electrons. The van der Waals surface area contributed by atoms with Crippen LogP contribution < -0.4 is 10.1 Å². The number of aromatic nitrogens is 6. The molecule has 0 aliphatic rings. The van der Waals surface area contributed by atoms with Crippen LogP contribution in [0.2, 0.25) is 0 Å². The lowest BCUT2D eigenvalue weighted by Crippen LogP contribution is -2.20. The number of aryl methyl sites for hydroxylation is 1. The van der Waals surface area contributed by atoms with Gasteiger partial charge in [-0.2, -0.15) is 5.10 Å². The molecule has 0 saturated carbocycles. The van der Waals surface area contributed by atoms with Gasteiger partial charge < -0.3 is 24.8 Å². The van der Waals surface area contributed by atoms with Crippen LogP contribution >= 0.6 is 0 Å². The fourth-order valence-electron chi connectivity index (χ4n) is 5.17. The first-order valence-electron chi connectivity index (χ1n) is 14.5. The number of ether oxygens (including phenoxy) is 1. The number of benzene rings is 1. The van der Waals surface area contributed by atoms with E-state index >= 15 is 0 Å². The Bertz CT molecular complexity index is 1930. The van der Waals surface area contributed by atoms with E-state index in [1.54, 1.807) is 24.7 Å². The van der Waals surface area contributed by atoms with Crippen molar-refractivity contribution in [3.63, 3.8) is 0 Å². The number of aromatic amines is 1. The van der Waals surface area contributed by atoms with Crippen LogP contribution in [0.25, 0.3) is 55.7 Å². The Morgan fingerprint density at radius 1 is 0.909 bits per heavy atom. The summed E-state index contributed by atoms with van der Waals surface area (Å²) in [5.41, 5.74) is 7.17. The first-order chi connectivity index (χ1) is 21.2. The summed E-state index contributed by atoms with van der Waals surface area (Å²) in [4.78, 5) is 21.3. The van der Waals surface area contributed by atoms with E-state index in [1.165, 1.54) is 6.07 Å². The Kier molecular flexibility index (Phi) is 8.23. The lowest BCUT2D eigenvalue weighted by Gasteiger charge is -2.13. The minimum absolute atomic E-state index is 0.298. The first kappa shape index (κ1) is 29.2. The standard InChI is InChI=1S/C33H36FN9O/c1-41(2)9-8-36-24-13-21(12-23(34)15-24)26-6-7-37-33-27(26)16-30(39-33)32-28-17-29(38-20-31(28)43(5)40-32)22-14-25(19-35-18-22)44-11-10-42(3)4/h6-7,12-20,36H,8-11H2,1-5H3,(H,37,39). The minimum Gasteiger partial charge on any atom is -0.491 e. The summed E-state index contributed by atoms with van der Waals surface area (Å²) in [5.74, 6) is 0.397. The second-order valence-corrected chi connectivity index (χ2v) is 11.4. The number of fused-ring (bicyclic) bond motifs is 2. The normalized spacial score (nSPS) is 11.7. The van der Waals surface area contributed by atoms with Gasteiger partial charge in [-0.05, 0) is 81.8 Å². The third-order valence-electron chi connectivity index (χ3n) is 7.44. The van der Waals surface area contributed by atoms with Crippen molar-refractivity contribution >= 4 is 27.6 Å². The molecule has 0 spiro atoms. The lowest BCUT2D eigenvalue weighted by molar-refractivity contribution is 0.261. The summed E-state index contributed by atoms with van der Waals surface area (Å²) in [7, 11) is 9.94. The number of H-pyrrole nitrogens is 1. The maximum Gasteiger partial charge on any atom is 0.138 e. The number of anilines is 1. The molecule has 6 aromatic rings. The molecule has 0 radical (unpaired) electrons. The van der Waals surface area contributed by atoms with Crippen LogP contribution in [0.1, 0.15) is 0 Å². The fourth-order valence-corrected chi connectivity index (χ4v) is 5.17. The van der Waals surface area contributed by atoms with E-state index in [2.05, 4.69) is 30.1 Å². The number of rotatable bonds is 11. The third kappa shape index (κ3) is 6.24. The van der Waals surface area contributed by atoms with Crippen LogP contribution in [0, 0.1) is 5.82 Å². The van der Waals surface area contributed by atoms with E-state index in [9.17, 15) is 4.39 Å². The molecule has 44 heavy (non-hydrogen) atoms. The Hall–Kier alpha value is -4.87. The maximum atomic E-state index is 14.7. The summed E-state index contributed by atoms with van der Waals surface area (Å²) >= 11 is 0. The van der Waals surface area contributed by atoms with E-state index < -0.39 is 0 Å². The van der Waals surface area contributed by atoms with Gasteiger partial charge in [-0.3, -0.25) is 14.6 Å².